The number of ether oxygens (including phenoxy) is 1. The Morgan fingerprint density at radius 2 is 1.82 bits per heavy atom. The molecular weight excluding hydrogens is 552 g/mol. The number of anilines is 1. The summed E-state index contributed by atoms with van der Waals surface area (Å²) in [6.07, 6.45) is 6.37. The fourth-order valence-corrected chi connectivity index (χ4v) is 7.85. The van der Waals surface area contributed by atoms with Crippen LogP contribution >= 0.6 is 0 Å². The van der Waals surface area contributed by atoms with Crippen LogP contribution in [0.15, 0.2) is 60.7 Å². The Morgan fingerprint density at radius 3 is 2.57 bits per heavy atom. The maximum atomic E-state index is 14.4. The summed E-state index contributed by atoms with van der Waals surface area (Å²) >= 11 is 0. The normalized spacial score (nSPS) is 32.3. The predicted molar refractivity (Wildman–Crippen MR) is 171 cm³/mol. The smallest absolute Gasteiger partial charge is 0.246 e. The molecule has 2 bridgehead atoms. The standard InChI is InChI=1S/C36H46N4O4/c1-22-14-15-27(20-24(22)3)37-33(41)30-29-16-17-36(44-29)31(30)35(43)40(19-18-39(5)21-26-11-7-6-8-12-26)32(36)34(42)38-28-13-9-10-23(2)25(28)4/h6-8,11-12,14-17,20,23,25,28-32H,9-10,13,18-19,21H2,1-5H3,(H,37,41)(H,38,42)/t23-,25+,28+,29-,30+,31-,32-,36-/m0/s1. The highest BCUT2D eigenvalue weighted by Crippen LogP contribution is 2.55. The van der Waals surface area contributed by atoms with E-state index in [1.54, 1.807) is 4.90 Å². The van der Waals surface area contributed by atoms with Gasteiger partial charge < -0.3 is 25.2 Å². The monoisotopic (exact) mass is 598 g/mol. The van der Waals surface area contributed by atoms with Crippen molar-refractivity contribution >= 4 is 23.4 Å². The third-order valence-corrected chi connectivity index (χ3v) is 10.8. The molecule has 44 heavy (non-hydrogen) atoms. The van der Waals surface area contributed by atoms with Crippen LogP contribution in [0.1, 0.15) is 49.8 Å². The number of nitrogens with one attached hydrogen (secondary N) is 2. The number of benzene rings is 2. The lowest BCUT2D eigenvalue weighted by Crippen LogP contribution is -2.58. The number of amides is 3. The van der Waals surface area contributed by atoms with E-state index in [1.807, 2.05) is 69.4 Å². The Kier molecular flexibility index (Phi) is 8.42. The Balaban J connectivity index is 1.26. The lowest BCUT2D eigenvalue weighted by Gasteiger charge is -2.38. The van der Waals surface area contributed by atoms with E-state index in [1.165, 1.54) is 5.56 Å². The number of rotatable bonds is 9. The zero-order valence-corrected chi connectivity index (χ0v) is 26.6. The Labute approximate surface area is 261 Å². The largest absolute Gasteiger partial charge is 0.359 e. The van der Waals surface area contributed by atoms with E-state index in [0.717, 1.165) is 36.9 Å². The highest BCUT2D eigenvalue weighted by atomic mass is 16.5. The Bertz CT molecular complexity index is 1440. The van der Waals surface area contributed by atoms with Crippen molar-refractivity contribution < 1.29 is 19.1 Å². The van der Waals surface area contributed by atoms with E-state index >= 15 is 0 Å². The van der Waals surface area contributed by atoms with Crippen molar-refractivity contribution in [1.82, 2.24) is 15.1 Å². The van der Waals surface area contributed by atoms with Gasteiger partial charge in [-0.25, -0.2) is 0 Å². The lowest BCUT2D eigenvalue weighted by atomic mass is 9.73. The molecule has 2 N–H and O–H groups in total. The Morgan fingerprint density at radius 1 is 1.05 bits per heavy atom. The minimum Gasteiger partial charge on any atom is -0.359 e. The molecule has 8 nitrogen and oxygen atoms in total. The summed E-state index contributed by atoms with van der Waals surface area (Å²) in [7, 11) is 2.02. The maximum absolute atomic E-state index is 14.4. The van der Waals surface area contributed by atoms with E-state index in [-0.39, 0.29) is 23.8 Å². The fourth-order valence-electron chi connectivity index (χ4n) is 7.85. The van der Waals surface area contributed by atoms with Crippen molar-refractivity contribution in [2.45, 2.75) is 77.3 Å². The second kappa shape index (κ2) is 12.1. The summed E-state index contributed by atoms with van der Waals surface area (Å²) in [6.45, 7) is 10.2. The third kappa shape index (κ3) is 5.47. The van der Waals surface area contributed by atoms with E-state index in [9.17, 15) is 14.4 Å². The van der Waals surface area contributed by atoms with Crippen LogP contribution in [0.5, 0.6) is 0 Å². The van der Waals surface area contributed by atoms with E-state index < -0.39 is 29.6 Å². The molecule has 3 heterocycles. The number of likely N-dealkylation sites (N-methyl/N-ethyl adjacent to an activating group) is 1. The molecule has 8 heteroatoms. The molecule has 2 aromatic rings. The van der Waals surface area contributed by atoms with E-state index in [2.05, 4.69) is 41.5 Å². The van der Waals surface area contributed by atoms with Gasteiger partial charge in [-0.05, 0) is 68.0 Å². The first-order valence-electron chi connectivity index (χ1n) is 16.2. The number of carbonyl (C=O) groups excluding carboxylic acids is 3. The highest BCUT2D eigenvalue weighted by Gasteiger charge is 2.72. The van der Waals surface area contributed by atoms with Crippen molar-refractivity contribution in [2.24, 2.45) is 23.7 Å². The molecule has 4 aliphatic rings. The minimum atomic E-state index is -1.17. The Hall–Kier alpha value is -3.49. The van der Waals surface area contributed by atoms with Gasteiger partial charge in [0.2, 0.25) is 17.7 Å². The number of fused-ring (bicyclic) bond motifs is 1. The van der Waals surface area contributed by atoms with Gasteiger partial charge in [0, 0.05) is 31.4 Å². The second-order valence-corrected chi connectivity index (χ2v) is 13.6. The number of hydrogen-bond acceptors (Lipinski definition) is 5. The highest BCUT2D eigenvalue weighted by molar-refractivity contribution is 6.02. The van der Waals surface area contributed by atoms with Crippen molar-refractivity contribution in [2.75, 3.05) is 25.5 Å². The SMILES string of the molecule is Cc1ccc(NC(=O)[C@@H]2[C@@H]3C=C[C@]4(O3)[C@@H]2C(=O)N(CCN(C)Cc2ccccc2)[C@H]4C(=O)N[C@@H]2CCC[C@H](C)[C@H]2C)cc1C. The van der Waals surface area contributed by atoms with Gasteiger partial charge in [-0.2, -0.15) is 0 Å². The number of carbonyl (C=O) groups is 3. The first kappa shape index (κ1) is 30.5. The van der Waals surface area contributed by atoms with Crippen LogP contribution in [0.3, 0.4) is 0 Å². The van der Waals surface area contributed by atoms with Crippen LogP contribution in [-0.4, -0.2) is 71.4 Å². The number of nitrogens with zero attached hydrogens (tertiary/aromatic N) is 2. The molecule has 1 aliphatic carbocycles. The van der Waals surface area contributed by atoms with Crippen LogP contribution in [-0.2, 0) is 25.7 Å². The van der Waals surface area contributed by atoms with Crippen molar-refractivity contribution in [3.05, 3.63) is 77.4 Å². The summed E-state index contributed by atoms with van der Waals surface area (Å²) in [4.78, 5) is 46.3. The quantitative estimate of drug-likeness (QED) is 0.416. The summed E-state index contributed by atoms with van der Waals surface area (Å²) < 4.78 is 6.56. The van der Waals surface area contributed by atoms with Crippen molar-refractivity contribution in [3.8, 4) is 0 Å². The zero-order valence-electron chi connectivity index (χ0n) is 26.6. The topological polar surface area (TPSA) is 91.0 Å². The van der Waals surface area contributed by atoms with Crippen LogP contribution in [0.2, 0.25) is 0 Å². The molecule has 3 amide bonds. The first-order valence-corrected chi connectivity index (χ1v) is 16.2. The summed E-state index contributed by atoms with van der Waals surface area (Å²) in [5.41, 5.74) is 2.93. The second-order valence-electron chi connectivity index (χ2n) is 13.6. The minimum absolute atomic E-state index is 0.0471. The van der Waals surface area contributed by atoms with Crippen LogP contribution in [0.4, 0.5) is 5.69 Å². The first-order chi connectivity index (χ1) is 21.1. The zero-order chi connectivity index (χ0) is 31.2. The van der Waals surface area contributed by atoms with Gasteiger partial charge in [0.1, 0.15) is 11.6 Å². The fraction of sp³-hybridized carbons (Fsp3) is 0.528. The lowest BCUT2D eigenvalue weighted by molar-refractivity contribution is -0.141. The molecule has 3 aliphatic heterocycles. The van der Waals surface area contributed by atoms with E-state index in [0.29, 0.717) is 30.6 Å². The molecule has 2 saturated heterocycles. The molecule has 2 aromatic carbocycles. The molecule has 1 spiro atoms. The van der Waals surface area contributed by atoms with Gasteiger partial charge in [0.05, 0.1) is 17.9 Å². The van der Waals surface area contributed by atoms with Gasteiger partial charge in [0.15, 0.2) is 0 Å². The molecule has 8 atom stereocenters. The third-order valence-electron chi connectivity index (χ3n) is 10.8. The van der Waals surface area contributed by atoms with Gasteiger partial charge in [0.25, 0.3) is 0 Å². The van der Waals surface area contributed by atoms with Crippen molar-refractivity contribution in [1.29, 1.82) is 0 Å². The summed E-state index contributed by atoms with van der Waals surface area (Å²) in [5, 5.41) is 6.39. The molecule has 6 rings (SSSR count). The van der Waals surface area contributed by atoms with Crippen LogP contribution in [0.25, 0.3) is 0 Å². The number of hydrogen-bond donors (Lipinski definition) is 2. The number of likely N-dealkylation sites (tertiary alicyclic amines) is 1. The van der Waals surface area contributed by atoms with Gasteiger partial charge in [-0.3, -0.25) is 14.4 Å². The molecule has 3 fully saturated rings. The molecule has 0 aromatic heterocycles. The molecule has 0 radical (unpaired) electrons. The predicted octanol–water partition coefficient (Wildman–Crippen LogP) is 4.47. The molecule has 234 valence electrons. The van der Waals surface area contributed by atoms with Crippen LogP contribution in [0, 0.1) is 37.5 Å². The molecule has 0 unspecified atom stereocenters. The van der Waals surface area contributed by atoms with Crippen molar-refractivity contribution in [3.63, 3.8) is 0 Å². The molecule has 1 saturated carbocycles. The maximum Gasteiger partial charge on any atom is 0.246 e. The summed E-state index contributed by atoms with van der Waals surface area (Å²) in [5.74, 6) is -1.23. The van der Waals surface area contributed by atoms with Gasteiger partial charge >= 0.3 is 0 Å². The van der Waals surface area contributed by atoms with E-state index in [4.69, 9.17) is 4.74 Å². The molecular formula is C36H46N4O4. The van der Waals surface area contributed by atoms with Gasteiger partial charge in [-0.1, -0.05) is 75.2 Å². The average molecular weight is 599 g/mol. The summed E-state index contributed by atoms with van der Waals surface area (Å²) in [6, 6.07) is 15.2. The van der Waals surface area contributed by atoms with Gasteiger partial charge in [-0.15, -0.1) is 0 Å². The average Bonchev–Trinajstić information content (AvgIpc) is 3.64. The van der Waals surface area contributed by atoms with Crippen LogP contribution < -0.4 is 10.6 Å². The number of aryl methyl sites for hydroxylation is 2.